The van der Waals surface area contributed by atoms with Crippen molar-refractivity contribution in [2.75, 3.05) is 18.2 Å². The summed E-state index contributed by atoms with van der Waals surface area (Å²) in [6, 6.07) is 10.9. The van der Waals surface area contributed by atoms with Gasteiger partial charge in [0.25, 0.3) is 5.91 Å². The predicted octanol–water partition coefficient (Wildman–Crippen LogP) is 2.67. The van der Waals surface area contributed by atoms with Crippen LogP contribution < -0.4 is 15.8 Å². The Morgan fingerprint density at radius 3 is 2.53 bits per heavy atom. The van der Waals surface area contributed by atoms with Gasteiger partial charge in [0.15, 0.2) is 0 Å². The molecule has 0 bridgehead atoms. The number of carbonyl (C=O) groups is 1. The summed E-state index contributed by atoms with van der Waals surface area (Å²) in [4.78, 5) is 12.0. The number of hydrogen-bond acceptors (Lipinski definition) is 3. The smallest absolute Gasteiger partial charge is 0.257 e. The van der Waals surface area contributed by atoms with E-state index in [1.165, 1.54) is 18.2 Å². The standard InChI is InChI=1S/C14H13FN2O2/c1-19-10-7-5-9(6-8-10)17-14(18)11-3-2-4-12(15)13(11)16/h2-8H,16H2,1H3,(H,17,18). The van der Waals surface area contributed by atoms with Crippen molar-refractivity contribution in [1.29, 1.82) is 0 Å². The molecule has 0 aliphatic heterocycles. The van der Waals surface area contributed by atoms with Crippen LogP contribution in [0.15, 0.2) is 42.5 Å². The Labute approximate surface area is 110 Å². The van der Waals surface area contributed by atoms with Gasteiger partial charge in [-0.25, -0.2) is 4.39 Å². The Bertz CT molecular complexity index is 597. The van der Waals surface area contributed by atoms with E-state index in [0.717, 1.165) is 0 Å². The lowest BCUT2D eigenvalue weighted by atomic mass is 10.1. The fourth-order valence-corrected chi connectivity index (χ4v) is 1.61. The summed E-state index contributed by atoms with van der Waals surface area (Å²) in [6.45, 7) is 0. The number of amides is 1. The van der Waals surface area contributed by atoms with Gasteiger partial charge in [-0.05, 0) is 36.4 Å². The van der Waals surface area contributed by atoms with Gasteiger partial charge in [0.2, 0.25) is 0 Å². The highest BCUT2D eigenvalue weighted by atomic mass is 19.1. The van der Waals surface area contributed by atoms with Crippen LogP contribution in [0.1, 0.15) is 10.4 Å². The molecule has 0 aliphatic rings. The number of nitrogens with two attached hydrogens (primary N) is 1. The predicted molar refractivity (Wildman–Crippen MR) is 71.8 cm³/mol. The molecule has 0 atom stereocenters. The molecule has 19 heavy (non-hydrogen) atoms. The molecule has 2 aromatic carbocycles. The molecule has 98 valence electrons. The zero-order valence-corrected chi connectivity index (χ0v) is 10.3. The number of nitrogens with one attached hydrogen (secondary N) is 1. The van der Waals surface area contributed by atoms with Crippen LogP contribution in [0.5, 0.6) is 5.75 Å². The van der Waals surface area contributed by atoms with Crippen molar-refractivity contribution in [2.45, 2.75) is 0 Å². The Hall–Kier alpha value is -2.56. The molecule has 0 aromatic heterocycles. The first-order valence-electron chi connectivity index (χ1n) is 5.61. The number of ether oxygens (including phenoxy) is 1. The van der Waals surface area contributed by atoms with Crippen molar-refractivity contribution in [2.24, 2.45) is 0 Å². The molecule has 1 amide bonds. The number of para-hydroxylation sites is 1. The van der Waals surface area contributed by atoms with Crippen molar-refractivity contribution in [1.82, 2.24) is 0 Å². The van der Waals surface area contributed by atoms with Gasteiger partial charge in [0.05, 0.1) is 18.4 Å². The second-order valence-corrected chi connectivity index (χ2v) is 3.88. The molecule has 0 saturated heterocycles. The quantitative estimate of drug-likeness (QED) is 0.834. The summed E-state index contributed by atoms with van der Waals surface area (Å²) in [6.07, 6.45) is 0. The van der Waals surface area contributed by atoms with Crippen LogP contribution in [0.3, 0.4) is 0 Å². The van der Waals surface area contributed by atoms with E-state index in [0.29, 0.717) is 11.4 Å². The second-order valence-electron chi connectivity index (χ2n) is 3.88. The maximum absolute atomic E-state index is 13.3. The van der Waals surface area contributed by atoms with Gasteiger partial charge in [-0.15, -0.1) is 0 Å². The van der Waals surface area contributed by atoms with E-state index in [2.05, 4.69) is 5.32 Å². The van der Waals surface area contributed by atoms with Crippen LogP contribution in [-0.2, 0) is 0 Å². The van der Waals surface area contributed by atoms with Crippen LogP contribution >= 0.6 is 0 Å². The molecule has 0 heterocycles. The number of benzene rings is 2. The molecule has 2 rings (SSSR count). The lowest BCUT2D eigenvalue weighted by Crippen LogP contribution is -2.14. The first-order valence-corrected chi connectivity index (χ1v) is 5.61. The van der Waals surface area contributed by atoms with Crippen molar-refractivity contribution in [3.63, 3.8) is 0 Å². The van der Waals surface area contributed by atoms with E-state index in [9.17, 15) is 9.18 Å². The van der Waals surface area contributed by atoms with E-state index in [4.69, 9.17) is 10.5 Å². The summed E-state index contributed by atoms with van der Waals surface area (Å²) in [5.74, 6) is -0.382. The van der Waals surface area contributed by atoms with E-state index in [1.54, 1.807) is 31.4 Å². The molecule has 5 heteroatoms. The summed E-state index contributed by atoms with van der Waals surface area (Å²) in [5.41, 5.74) is 6.05. The lowest BCUT2D eigenvalue weighted by molar-refractivity contribution is 0.102. The molecule has 2 aromatic rings. The zero-order valence-electron chi connectivity index (χ0n) is 10.3. The Morgan fingerprint density at radius 2 is 1.89 bits per heavy atom. The first kappa shape index (κ1) is 12.9. The SMILES string of the molecule is COc1ccc(NC(=O)c2cccc(F)c2N)cc1. The molecular weight excluding hydrogens is 247 g/mol. The third-order valence-electron chi connectivity index (χ3n) is 2.65. The first-order chi connectivity index (χ1) is 9.11. The minimum absolute atomic E-state index is 0.107. The number of hydrogen-bond donors (Lipinski definition) is 2. The summed E-state index contributed by atoms with van der Waals surface area (Å²) in [7, 11) is 1.56. The summed E-state index contributed by atoms with van der Waals surface area (Å²) in [5, 5.41) is 2.64. The topological polar surface area (TPSA) is 64.3 Å². The van der Waals surface area contributed by atoms with E-state index in [1.807, 2.05) is 0 Å². The van der Waals surface area contributed by atoms with Crippen molar-refractivity contribution in [3.8, 4) is 5.75 Å². The van der Waals surface area contributed by atoms with E-state index in [-0.39, 0.29) is 11.3 Å². The number of methoxy groups -OCH3 is 1. The van der Waals surface area contributed by atoms with Crippen molar-refractivity contribution in [3.05, 3.63) is 53.8 Å². The maximum Gasteiger partial charge on any atom is 0.257 e. The molecular formula is C14H13FN2O2. The fourth-order valence-electron chi connectivity index (χ4n) is 1.61. The molecule has 0 fully saturated rings. The Kier molecular flexibility index (Phi) is 3.66. The summed E-state index contributed by atoms with van der Waals surface area (Å²) >= 11 is 0. The molecule has 0 radical (unpaired) electrons. The third kappa shape index (κ3) is 2.82. The van der Waals surface area contributed by atoms with Crippen LogP contribution in [0.4, 0.5) is 15.8 Å². The lowest BCUT2D eigenvalue weighted by Gasteiger charge is -2.08. The van der Waals surface area contributed by atoms with E-state index >= 15 is 0 Å². The Morgan fingerprint density at radius 1 is 1.21 bits per heavy atom. The molecule has 0 aliphatic carbocycles. The average molecular weight is 260 g/mol. The highest BCUT2D eigenvalue weighted by Gasteiger charge is 2.12. The molecule has 4 nitrogen and oxygen atoms in total. The zero-order chi connectivity index (χ0) is 13.8. The average Bonchev–Trinajstić information content (AvgIpc) is 2.42. The van der Waals surface area contributed by atoms with Gasteiger partial charge in [0.1, 0.15) is 11.6 Å². The van der Waals surface area contributed by atoms with E-state index < -0.39 is 11.7 Å². The minimum atomic E-state index is -0.609. The highest BCUT2D eigenvalue weighted by Crippen LogP contribution is 2.19. The fraction of sp³-hybridized carbons (Fsp3) is 0.0714. The monoisotopic (exact) mass is 260 g/mol. The van der Waals surface area contributed by atoms with Crippen LogP contribution in [-0.4, -0.2) is 13.0 Å². The van der Waals surface area contributed by atoms with Crippen LogP contribution in [0, 0.1) is 5.82 Å². The van der Waals surface area contributed by atoms with Gasteiger partial charge < -0.3 is 15.8 Å². The van der Waals surface area contributed by atoms with Gasteiger partial charge >= 0.3 is 0 Å². The number of nitrogen functional groups attached to an aromatic ring is 1. The Balaban J connectivity index is 2.18. The second kappa shape index (κ2) is 5.39. The molecule has 0 saturated carbocycles. The van der Waals surface area contributed by atoms with Gasteiger partial charge in [0, 0.05) is 5.69 Å². The summed E-state index contributed by atoms with van der Waals surface area (Å²) < 4.78 is 18.3. The number of rotatable bonds is 3. The van der Waals surface area contributed by atoms with Gasteiger partial charge in [-0.1, -0.05) is 6.07 Å². The molecule has 0 unspecified atom stereocenters. The van der Waals surface area contributed by atoms with Gasteiger partial charge in [-0.2, -0.15) is 0 Å². The molecule has 0 spiro atoms. The minimum Gasteiger partial charge on any atom is -0.497 e. The van der Waals surface area contributed by atoms with Crippen molar-refractivity contribution >= 4 is 17.3 Å². The largest absolute Gasteiger partial charge is 0.497 e. The maximum atomic E-state index is 13.3. The molecule has 3 N–H and O–H groups in total. The number of carbonyl (C=O) groups excluding carboxylic acids is 1. The normalized spacial score (nSPS) is 10.0. The third-order valence-corrected chi connectivity index (χ3v) is 2.65. The number of halogens is 1. The van der Waals surface area contributed by atoms with Crippen LogP contribution in [0.2, 0.25) is 0 Å². The van der Waals surface area contributed by atoms with Crippen molar-refractivity contribution < 1.29 is 13.9 Å². The number of anilines is 2. The van der Waals surface area contributed by atoms with Crippen LogP contribution in [0.25, 0.3) is 0 Å². The van der Waals surface area contributed by atoms with Gasteiger partial charge in [-0.3, -0.25) is 4.79 Å². The highest BCUT2D eigenvalue weighted by molar-refractivity contribution is 6.07.